The van der Waals surface area contributed by atoms with Crippen molar-refractivity contribution in [2.24, 2.45) is 0 Å². The first kappa shape index (κ1) is 30.3. The Balaban J connectivity index is 1.31. The van der Waals surface area contributed by atoms with Gasteiger partial charge in [-0.1, -0.05) is 11.6 Å². The van der Waals surface area contributed by atoms with Gasteiger partial charge in [-0.3, -0.25) is 4.90 Å². The summed E-state index contributed by atoms with van der Waals surface area (Å²) in [7, 11) is 1.43. The Morgan fingerprint density at radius 3 is 2.29 bits per heavy atom. The molecule has 0 radical (unpaired) electrons. The van der Waals surface area contributed by atoms with Crippen LogP contribution in [0.15, 0.2) is 36.5 Å². The number of hydrogen-bond donors (Lipinski definition) is 2. The van der Waals surface area contributed by atoms with Gasteiger partial charge in [-0.15, -0.1) is 0 Å². The highest BCUT2D eigenvalue weighted by Gasteiger charge is 2.28. The highest BCUT2D eigenvalue weighted by atomic mass is 31.2. The molecule has 0 aliphatic carbocycles. The Labute approximate surface area is 251 Å². The zero-order chi connectivity index (χ0) is 30.0. The van der Waals surface area contributed by atoms with Crippen molar-refractivity contribution in [2.45, 2.75) is 39.7 Å². The number of methoxy groups -OCH3 is 1. The van der Waals surface area contributed by atoms with E-state index in [9.17, 15) is 4.57 Å². The van der Waals surface area contributed by atoms with Gasteiger partial charge < -0.3 is 29.7 Å². The maximum Gasteiger partial charge on any atom is 0.229 e. The minimum atomic E-state index is -2.49. The van der Waals surface area contributed by atoms with E-state index < -0.39 is 7.14 Å². The van der Waals surface area contributed by atoms with Gasteiger partial charge in [0.2, 0.25) is 5.95 Å². The second-order valence-corrected chi connectivity index (χ2v) is 15.4. The molecule has 2 saturated heterocycles. The molecule has 5 rings (SSSR count). The molecule has 1 aromatic heterocycles. The summed E-state index contributed by atoms with van der Waals surface area (Å²) in [6.07, 6.45) is 4.17. The van der Waals surface area contributed by atoms with E-state index in [1.165, 1.54) is 50.3 Å². The molecule has 0 amide bonds. The first-order chi connectivity index (χ1) is 20.0. The first-order valence-electron chi connectivity index (χ1n) is 14.9. The van der Waals surface area contributed by atoms with Gasteiger partial charge in [0.1, 0.15) is 18.7 Å². The summed E-state index contributed by atoms with van der Waals surface area (Å²) in [6.45, 7) is 16.5. The minimum Gasteiger partial charge on any atom is -0.494 e. The average Bonchev–Trinajstić information content (AvgIpc) is 2.96. The highest BCUT2D eigenvalue weighted by molar-refractivity contribution is 7.70. The Morgan fingerprint density at radius 1 is 0.905 bits per heavy atom. The number of aryl methyl sites for hydroxylation is 3. The molecular weight excluding hydrogens is 545 g/mol. The normalized spacial score (nSPS) is 17.4. The third-order valence-corrected chi connectivity index (χ3v) is 10.1. The van der Waals surface area contributed by atoms with Crippen LogP contribution in [0.4, 0.5) is 28.8 Å². The Hall–Kier alpha value is -3.13. The summed E-state index contributed by atoms with van der Waals surface area (Å²) < 4.78 is 18.9. The maximum absolute atomic E-state index is 13.0. The van der Waals surface area contributed by atoms with Gasteiger partial charge >= 0.3 is 0 Å². The highest BCUT2D eigenvalue weighted by Crippen LogP contribution is 2.39. The third kappa shape index (κ3) is 6.91. The molecule has 0 atom stereocenters. The second-order valence-electron chi connectivity index (χ2n) is 12.2. The number of ether oxygens (including phenoxy) is 1. The molecule has 0 bridgehead atoms. The lowest BCUT2D eigenvalue weighted by molar-refractivity contribution is 0.0982. The van der Waals surface area contributed by atoms with E-state index in [0.717, 1.165) is 46.6 Å². The molecule has 3 heterocycles. The number of likely N-dealkylation sites (N-methyl/N-ethyl adjacent to an activating group) is 1. The minimum absolute atomic E-state index is 0.464. The smallest absolute Gasteiger partial charge is 0.229 e. The van der Waals surface area contributed by atoms with Crippen molar-refractivity contribution in [2.75, 3.05) is 82.3 Å². The molecule has 2 aromatic carbocycles. The van der Waals surface area contributed by atoms with Gasteiger partial charge in [-0.25, -0.2) is 4.98 Å². The fourth-order valence-electron chi connectivity index (χ4n) is 6.01. The molecule has 0 saturated carbocycles. The zero-order valence-corrected chi connectivity index (χ0v) is 27.1. The molecule has 9 nitrogen and oxygen atoms in total. The van der Waals surface area contributed by atoms with Gasteiger partial charge in [0.15, 0.2) is 0 Å². The Bertz CT molecular complexity index is 1460. The summed E-state index contributed by atoms with van der Waals surface area (Å²) in [5.74, 6) is 1.89. The van der Waals surface area contributed by atoms with Crippen LogP contribution in [0.3, 0.4) is 0 Å². The van der Waals surface area contributed by atoms with Crippen LogP contribution in [0.25, 0.3) is 0 Å². The van der Waals surface area contributed by atoms with Crippen molar-refractivity contribution in [3.05, 3.63) is 53.2 Å². The summed E-state index contributed by atoms with van der Waals surface area (Å²) in [5.41, 5.74) is 6.00. The lowest BCUT2D eigenvalue weighted by atomic mass is 10.0. The molecule has 42 heavy (non-hydrogen) atoms. The number of hydrogen-bond acceptors (Lipinski definition) is 9. The van der Waals surface area contributed by atoms with Crippen molar-refractivity contribution in [3.8, 4) is 5.75 Å². The van der Waals surface area contributed by atoms with Crippen molar-refractivity contribution in [3.63, 3.8) is 0 Å². The summed E-state index contributed by atoms with van der Waals surface area (Å²) in [4.78, 5) is 16.9. The number of rotatable bonds is 8. The number of nitrogens with one attached hydrogen (secondary N) is 2. The van der Waals surface area contributed by atoms with E-state index in [1.54, 1.807) is 26.6 Å². The van der Waals surface area contributed by atoms with Crippen LogP contribution in [0.2, 0.25) is 0 Å². The molecule has 2 fully saturated rings. The molecule has 0 spiro atoms. The lowest BCUT2D eigenvalue weighted by Crippen LogP contribution is -2.52. The fraction of sp³-hybridized carbons (Fsp3) is 0.500. The van der Waals surface area contributed by atoms with Gasteiger partial charge in [-0.05, 0) is 77.8 Å². The molecule has 3 aromatic rings. The van der Waals surface area contributed by atoms with Gasteiger partial charge in [0.25, 0.3) is 0 Å². The van der Waals surface area contributed by atoms with Crippen LogP contribution in [-0.4, -0.2) is 92.6 Å². The van der Waals surface area contributed by atoms with E-state index in [2.05, 4.69) is 56.4 Å². The second kappa shape index (κ2) is 12.6. The van der Waals surface area contributed by atoms with Crippen LogP contribution in [0.1, 0.15) is 29.5 Å². The zero-order valence-electron chi connectivity index (χ0n) is 26.2. The standard InChI is InChI=1S/C32H46N7O2P/c1-22-8-9-26(30(18-22)42(6,7)40)34-31-24(3)21-33-32(36-31)35-27-19-23(2)28(20-29(27)41-5)39-12-10-25(11-13-39)38-16-14-37(4)15-17-38/h8-9,18-21,25H,10-17H2,1-7H3,(H2,33,34,35,36). The summed E-state index contributed by atoms with van der Waals surface area (Å²) in [5, 5.41) is 7.61. The number of aromatic nitrogens is 2. The number of piperidine rings is 1. The first-order valence-corrected chi connectivity index (χ1v) is 17.5. The third-order valence-electron chi connectivity index (χ3n) is 8.58. The molecule has 0 unspecified atom stereocenters. The van der Waals surface area contributed by atoms with Crippen molar-refractivity contribution in [1.82, 2.24) is 19.8 Å². The van der Waals surface area contributed by atoms with E-state index in [-0.39, 0.29) is 0 Å². The number of piperazine rings is 1. The van der Waals surface area contributed by atoms with E-state index in [0.29, 0.717) is 17.8 Å². The number of nitrogens with zero attached hydrogens (tertiary/aromatic N) is 5. The predicted molar refractivity (Wildman–Crippen MR) is 176 cm³/mol. The SMILES string of the molecule is COc1cc(N2CCC(N3CCN(C)CC3)CC2)c(C)cc1Nc1ncc(C)c(Nc2ccc(C)cc2P(C)(C)=O)n1. The average molecular weight is 592 g/mol. The molecule has 2 N–H and O–H groups in total. The van der Waals surface area contributed by atoms with E-state index in [4.69, 9.17) is 9.72 Å². The van der Waals surface area contributed by atoms with Crippen LogP contribution in [0, 0.1) is 20.8 Å². The predicted octanol–water partition coefficient (Wildman–Crippen LogP) is 5.36. The van der Waals surface area contributed by atoms with Gasteiger partial charge in [0, 0.05) is 74.1 Å². The Morgan fingerprint density at radius 2 is 1.62 bits per heavy atom. The number of benzene rings is 2. The van der Waals surface area contributed by atoms with Crippen molar-refractivity contribution in [1.29, 1.82) is 0 Å². The largest absolute Gasteiger partial charge is 0.494 e. The maximum atomic E-state index is 13.0. The van der Waals surface area contributed by atoms with Gasteiger partial charge in [-0.2, -0.15) is 4.98 Å². The van der Waals surface area contributed by atoms with Crippen molar-refractivity contribution >= 4 is 41.3 Å². The van der Waals surface area contributed by atoms with Gasteiger partial charge in [0.05, 0.1) is 18.5 Å². The van der Waals surface area contributed by atoms with Crippen LogP contribution >= 0.6 is 7.14 Å². The van der Waals surface area contributed by atoms with Crippen LogP contribution in [-0.2, 0) is 4.57 Å². The molecule has 226 valence electrons. The summed E-state index contributed by atoms with van der Waals surface area (Å²) in [6, 6.07) is 10.9. The van der Waals surface area contributed by atoms with E-state index >= 15 is 0 Å². The number of anilines is 5. The fourth-order valence-corrected chi connectivity index (χ4v) is 7.24. The topological polar surface area (TPSA) is 85.9 Å². The van der Waals surface area contributed by atoms with Crippen LogP contribution < -0.4 is 25.6 Å². The summed E-state index contributed by atoms with van der Waals surface area (Å²) >= 11 is 0. The lowest BCUT2D eigenvalue weighted by Gasteiger charge is -2.43. The van der Waals surface area contributed by atoms with Crippen LogP contribution in [0.5, 0.6) is 5.75 Å². The Kier molecular flexibility index (Phi) is 9.11. The monoisotopic (exact) mass is 591 g/mol. The molecular formula is C32H46N7O2P. The molecule has 2 aliphatic heterocycles. The van der Waals surface area contributed by atoms with E-state index in [1.807, 2.05) is 32.0 Å². The molecule has 2 aliphatic rings. The van der Waals surface area contributed by atoms with Crippen molar-refractivity contribution < 1.29 is 9.30 Å². The molecule has 10 heteroatoms. The quantitative estimate of drug-likeness (QED) is 0.336.